The fourth-order valence-corrected chi connectivity index (χ4v) is 4.23. The minimum Gasteiger partial charge on any atom is -0.493 e. The number of hydrogen-bond donors (Lipinski definition) is 0. The molecule has 2 aliphatic rings. The Kier molecular flexibility index (Phi) is 5.90. The van der Waals surface area contributed by atoms with Crippen LogP contribution in [0.5, 0.6) is 5.75 Å². The van der Waals surface area contributed by atoms with Crippen molar-refractivity contribution >= 4 is 29.2 Å². The number of likely N-dealkylation sites (tertiary alicyclic amines) is 1. The second-order valence-corrected chi connectivity index (χ2v) is 8.16. The van der Waals surface area contributed by atoms with Crippen LogP contribution in [0.1, 0.15) is 48.8 Å². The molecule has 2 aliphatic heterocycles. The van der Waals surface area contributed by atoms with Crippen molar-refractivity contribution in [2.45, 2.75) is 45.1 Å². The second kappa shape index (κ2) is 8.60. The van der Waals surface area contributed by atoms with E-state index in [2.05, 4.69) is 0 Å². The summed E-state index contributed by atoms with van der Waals surface area (Å²) in [6.07, 6.45) is 3.15. The number of fused-ring (bicyclic) bond motifs is 1. The van der Waals surface area contributed by atoms with Crippen LogP contribution >= 0.6 is 11.6 Å². The minimum atomic E-state index is -0.164. The predicted octanol–water partition coefficient (Wildman–Crippen LogP) is 3.48. The van der Waals surface area contributed by atoms with E-state index in [9.17, 15) is 9.59 Å². The van der Waals surface area contributed by atoms with E-state index in [1.54, 1.807) is 36.2 Å². The Morgan fingerprint density at radius 3 is 2.77 bits per heavy atom. The zero-order chi connectivity index (χ0) is 21.3. The highest BCUT2D eigenvalue weighted by Gasteiger charge is 2.34. The molecule has 0 radical (unpaired) electrons. The number of aromatic nitrogens is 2. The van der Waals surface area contributed by atoms with Gasteiger partial charge in [0.15, 0.2) is 5.82 Å². The molecule has 0 bridgehead atoms. The van der Waals surface area contributed by atoms with E-state index >= 15 is 0 Å². The number of amides is 2. The molecule has 2 amide bonds. The first-order chi connectivity index (χ1) is 14.4. The van der Waals surface area contributed by atoms with E-state index < -0.39 is 0 Å². The Bertz CT molecular complexity index is 964. The van der Waals surface area contributed by atoms with Crippen LogP contribution in [0.4, 0.5) is 5.82 Å². The third-order valence-electron chi connectivity index (χ3n) is 5.76. The van der Waals surface area contributed by atoms with E-state index in [0.717, 1.165) is 24.1 Å². The van der Waals surface area contributed by atoms with Gasteiger partial charge in [0.1, 0.15) is 11.6 Å². The fourth-order valence-electron chi connectivity index (χ4n) is 4.10. The predicted molar refractivity (Wildman–Crippen MR) is 114 cm³/mol. The fraction of sp³-hybridized carbons (Fsp3) is 0.455. The molecule has 4 rings (SSSR count). The molecule has 0 N–H and O–H groups in total. The van der Waals surface area contributed by atoms with Crippen molar-refractivity contribution < 1.29 is 14.3 Å². The molecule has 0 unspecified atom stereocenters. The van der Waals surface area contributed by atoms with Crippen molar-refractivity contribution in [2.24, 2.45) is 0 Å². The lowest BCUT2D eigenvalue weighted by Gasteiger charge is -2.29. The smallest absolute Gasteiger partial charge is 0.228 e. The summed E-state index contributed by atoms with van der Waals surface area (Å²) in [5.41, 5.74) is 1.91. The van der Waals surface area contributed by atoms with Crippen molar-refractivity contribution in [1.82, 2.24) is 14.9 Å². The van der Waals surface area contributed by atoms with Crippen LogP contribution < -0.4 is 9.64 Å². The third kappa shape index (κ3) is 4.12. The Morgan fingerprint density at radius 2 is 2.00 bits per heavy atom. The van der Waals surface area contributed by atoms with Gasteiger partial charge in [-0.1, -0.05) is 11.6 Å². The summed E-state index contributed by atoms with van der Waals surface area (Å²) in [6, 6.07) is 6.92. The molecule has 1 fully saturated rings. The molecule has 0 aliphatic carbocycles. The quantitative estimate of drug-likeness (QED) is 0.728. The molecule has 1 aromatic carbocycles. The van der Waals surface area contributed by atoms with Gasteiger partial charge in [0.25, 0.3) is 0 Å². The number of ether oxygens (including phenoxy) is 1. The van der Waals surface area contributed by atoms with Crippen molar-refractivity contribution in [3.63, 3.8) is 0 Å². The number of rotatable bonds is 5. The maximum atomic E-state index is 12.9. The van der Waals surface area contributed by atoms with E-state index in [1.807, 2.05) is 11.8 Å². The van der Waals surface area contributed by atoms with Gasteiger partial charge < -0.3 is 9.64 Å². The summed E-state index contributed by atoms with van der Waals surface area (Å²) in [4.78, 5) is 37.9. The highest BCUT2D eigenvalue weighted by atomic mass is 35.5. The number of carbonyl (C=O) groups is 2. The van der Waals surface area contributed by atoms with Crippen LogP contribution in [0.25, 0.3) is 0 Å². The van der Waals surface area contributed by atoms with Gasteiger partial charge in [-0.05, 0) is 50.5 Å². The standard InChI is InChI=1S/C22H25ClN4O3/c1-14-17-9-10-19(28)26(2)22(17)25-21(24-14)18-4-3-12-27(18)20(29)11-13-30-16-7-5-15(23)6-8-16/h5-8,18H,3-4,9-13H2,1-2H3/t18-/m1/s1. The van der Waals surface area contributed by atoms with E-state index in [1.165, 1.54) is 0 Å². The number of carbonyl (C=O) groups excluding carboxylic acids is 2. The number of anilines is 1. The highest BCUT2D eigenvalue weighted by molar-refractivity contribution is 6.30. The molecule has 7 nitrogen and oxygen atoms in total. The molecule has 8 heteroatoms. The summed E-state index contributed by atoms with van der Waals surface area (Å²) < 4.78 is 5.67. The topological polar surface area (TPSA) is 75.6 Å². The lowest BCUT2D eigenvalue weighted by atomic mass is 10.0. The van der Waals surface area contributed by atoms with E-state index in [0.29, 0.717) is 48.4 Å². The van der Waals surface area contributed by atoms with Crippen LogP contribution in [-0.2, 0) is 16.0 Å². The van der Waals surface area contributed by atoms with Crippen LogP contribution in [0.2, 0.25) is 5.02 Å². The van der Waals surface area contributed by atoms with Gasteiger partial charge in [-0.15, -0.1) is 0 Å². The summed E-state index contributed by atoms with van der Waals surface area (Å²) in [5, 5.41) is 0.644. The first-order valence-electron chi connectivity index (χ1n) is 10.3. The van der Waals surface area contributed by atoms with Gasteiger partial charge in [-0.25, -0.2) is 9.97 Å². The third-order valence-corrected chi connectivity index (χ3v) is 6.01. The molecule has 3 heterocycles. The van der Waals surface area contributed by atoms with Crippen molar-refractivity contribution in [3.05, 3.63) is 46.4 Å². The Labute approximate surface area is 181 Å². The average molecular weight is 429 g/mol. The Balaban J connectivity index is 1.45. The summed E-state index contributed by atoms with van der Waals surface area (Å²) >= 11 is 5.88. The summed E-state index contributed by atoms with van der Waals surface area (Å²) in [7, 11) is 1.75. The van der Waals surface area contributed by atoms with Crippen molar-refractivity contribution in [3.8, 4) is 5.75 Å². The van der Waals surface area contributed by atoms with Gasteiger partial charge in [0, 0.05) is 36.3 Å². The minimum absolute atomic E-state index is 0.0230. The molecule has 1 aromatic heterocycles. The largest absolute Gasteiger partial charge is 0.493 e. The number of halogens is 1. The molecule has 1 saturated heterocycles. The maximum absolute atomic E-state index is 12.9. The molecular formula is C22H25ClN4O3. The van der Waals surface area contributed by atoms with Crippen LogP contribution in [0.15, 0.2) is 24.3 Å². The van der Waals surface area contributed by atoms with Crippen LogP contribution in [-0.4, -0.2) is 46.9 Å². The molecule has 30 heavy (non-hydrogen) atoms. The lowest BCUT2D eigenvalue weighted by Crippen LogP contribution is -2.35. The summed E-state index contributed by atoms with van der Waals surface area (Å²) in [5.74, 6) is 2.07. The highest BCUT2D eigenvalue weighted by Crippen LogP contribution is 2.34. The average Bonchev–Trinajstić information content (AvgIpc) is 3.22. The van der Waals surface area contributed by atoms with E-state index in [-0.39, 0.29) is 24.3 Å². The molecular weight excluding hydrogens is 404 g/mol. The zero-order valence-corrected chi connectivity index (χ0v) is 18.0. The van der Waals surface area contributed by atoms with Gasteiger partial charge in [-0.3, -0.25) is 14.5 Å². The van der Waals surface area contributed by atoms with Gasteiger partial charge in [0.2, 0.25) is 11.8 Å². The molecule has 0 saturated carbocycles. The SMILES string of the molecule is Cc1nc([C@H]2CCCN2C(=O)CCOc2ccc(Cl)cc2)nc2c1CCC(=O)N2C. The lowest BCUT2D eigenvalue weighted by molar-refractivity contribution is -0.132. The monoisotopic (exact) mass is 428 g/mol. The van der Waals surface area contributed by atoms with Gasteiger partial charge >= 0.3 is 0 Å². The van der Waals surface area contributed by atoms with Crippen molar-refractivity contribution in [1.29, 1.82) is 0 Å². The van der Waals surface area contributed by atoms with Crippen LogP contribution in [0, 0.1) is 6.92 Å². The number of aryl methyl sites for hydroxylation is 1. The Hall–Kier alpha value is -2.67. The number of hydrogen-bond acceptors (Lipinski definition) is 5. The normalized spacial score (nSPS) is 18.5. The molecule has 158 valence electrons. The van der Waals surface area contributed by atoms with E-state index in [4.69, 9.17) is 26.3 Å². The zero-order valence-electron chi connectivity index (χ0n) is 17.2. The number of benzene rings is 1. The summed E-state index contributed by atoms with van der Waals surface area (Å²) in [6.45, 7) is 2.93. The molecule has 2 aromatic rings. The van der Waals surface area contributed by atoms with Gasteiger partial charge in [-0.2, -0.15) is 0 Å². The number of nitrogens with zero attached hydrogens (tertiary/aromatic N) is 4. The first-order valence-corrected chi connectivity index (χ1v) is 10.6. The Morgan fingerprint density at radius 1 is 1.23 bits per heavy atom. The van der Waals surface area contributed by atoms with Crippen LogP contribution in [0.3, 0.4) is 0 Å². The molecule has 1 atom stereocenters. The van der Waals surface area contributed by atoms with Crippen molar-refractivity contribution in [2.75, 3.05) is 25.1 Å². The first kappa shape index (κ1) is 20.6. The maximum Gasteiger partial charge on any atom is 0.228 e. The van der Waals surface area contributed by atoms with Gasteiger partial charge in [0.05, 0.1) is 19.1 Å². The molecule has 0 spiro atoms. The second-order valence-electron chi connectivity index (χ2n) is 7.72.